The average Bonchev–Trinajstić information content (AvgIpc) is 2.26. The third-order valence-corrected chi connectivity index (χ3v) is 2.76. The highest BCUT2D eigenvalue weighted by molar-refractivity contribution is 9.10. The van der Waals surface area contributed by atoms with Crippen LogP contribution >= 0.6 is 15.9 Å². The molecule has 0 aliphatic rings. The predicted molar refractivity (Wildman–Crippen MR) is 68.6 cm³/mol. The molecule has 1 N–H and O–H groups in total. The molecule has 0 atom stereocenters. The van der Waals surface area contributed by atoms with Crippen LogP contribution in [0.1, 0.15) is 12.5 Å². The van der Waals surface area contributed by atoms with Crippen LogP contribution in [0.4, 0.5) is 19.0 Å². The summed E-state index contributed by atoms with van der Waals surface area (Å²) in [6.07, 6.45) is -2.73. The summed E-state index contributed by atoms with van der Waals surface area (Å²) in [7, 11) is 1.74. The van der Waals surface area contributed by atoms with Crippen molar-refractivity contribution in [2.24, 2.45) is 0 Å². The second kappa shape index (κ2) is 6.38. The Kier molecular flexibility index (Phi) is 5.40. The Morgan fingerprint density at radius 2 is 2.11 bits per heavy atom. The van der Waals surface area contributed by atoms with Crippen molar-refractivity contribution in [3.8, 4) is 0 Å². The maximum absolute atomic E-state index is 12.5. The van der Waals surface area contributed by atoms with Crippen LogP contribution in [0.25, 0.3) is 0 Å². The van der Waals surface area contributed by atoms with E-state index in [9.17, 15) is 13.2 Å². The van der Waals surface area contributed by atoms with E-state index in [2.05, 4.69) is 26.2 Å². The fourth-order valence-corrected chi connectivity index (χ4v) is 2.01. The van der Waals surface area contributed by atoms with E-state index in [-0.39, 0.29) is 6.54 Å². The van der Waals surface area contributed by atoms with Gasteiger partial charge in [0.2, 0.25) is 0 Å². The van der Waals surface area contributed by atoms with Crippen LogP contribution in [-0.4, -0.2) is 31.3 Å². The second-order valence-corrected chi connectivity index (χ2v) is 4.71. The first-order valence-electron chi connectivity index (χ1n) is 5.48. The van der Waals surface area contributed by atoms with Crippen LogP contribution in [0.2, 0.25) is 0 Å². The molecule has 1 aromatic heterocycles. The zero-order chi connectivity index (χ0) is 13.8. The summed E-state index contributed by atoms with van der Waals surface area (Å²) in [5.41, 5.74) is 0.734. The molecular formula is C11H15BrF3N3. The number of hydrogen-bond donors (Lipinski definition) is 1. The molecule has 102 valence electrons. The minimum Gasteiger partial charge on any atom is -0.348 e. The molecule has 0 radical (unpaired) electrons. The summed E-state index contributed by atoms with van der Waals surface area (Å²) in [6, 6.07) is 1.78. The van der Waals surface area contributed by atoms with Crippen LogP contribution in [0, 0.1) is 0 Å². The van der Waals surface area contributed by atoms with Gasteiger partial charge in [0, 0.05) is 29.3 Å². The number of anilines is 1. The summed E-state index contributed by atoms with van der Waals surface area (Å²) in [6.45, 7) is 1.41. The molecule has 0 saturated heterocycles. The second-order valence-electron chi connectivity index (χ2n) is 3.80. The van der Waals surface area contributed by atoms with Crippen LogP contribution in [0.15, 0.2) is 16.7 Å². The molecule has 0 spiro atoms. The van der Waals surface area contributed by atoms with Gasteiger partial charge in [-0.3, -0.25) is 0 Å². The number of rotatable bonds is 5. The first-order valence-corrected chi connectivity index (χ1v) is 6.27. The van der Waals surface area contributed by atoms with Gasteiger partial charge in [0.25, 0.3) is 0 Å². The molecule has 0 unspecified atom stereocenters. The number of pyridine rings is 1. The first-order chi connectivity index (χ1) is 8.37. The highest BCUT2D eigenvalue weighted by Crippen LogP contribution is 2.25. The van der Waals surface area contributed by atoms with E-state index < -0.39 is 12.7 Å². The predicted octanol–water partition coefficient (Wildman–Crippen LogP) is 2.95. The van der Waals surface area contributed by atoms with Gasteiger partial charge in [0.15, 0.2) is 0 Å². The van der Waals surface area contributed by atoms with Crippen molar-refractivity contribution in [2.45, 2.75) is 19.6 Å². The standard InChI is InChI=1S/C11H15BrF3N3/c1-3-18(7-11(13,14)15)10-8(5-16-2)4-9(12)6-17-10/h4,6,16H,3,5,7H2,1-2H3. The molecule has 7 heteroatoms. The number of nitrogens with zero attached hydrogens (tertiary/aromatic N) is 2. The largest absolute Gasteiger partial charge is 0.405 e. The number of hydrogen-bond acceptors (Lipinski definition) is 3. The van der Waals surface area contributed by atoms with E-state index >= 15 is 0 Å². The molecule has 0 fully saturated rings. The average molecular weight is 326 g/mol. The lowest BCUT2D eigenvalue weighted by Gasteiger charge is -2.25. The minimum absolute atomic E-state index is 0.255. The fraction of sp³-hybridized carbons (Fsp3) is 0.545. The van der Waals surface area contributed by atoms with Gasteiger partial charge in [0.05, 0.1) is 0 Å². The van der Waals surface area contributed by atoms with Crippen molar-refractivity contribution >= 4 is 21.7 Å². The van der Waals surface area contributed by atoms with Crippen molar-refractivity contribution in [3.05, 3.63) is 22.3 Å². The summed E-state index contributed by atoms with van der Waals surface area (Å²) in [5.74, 6) is 0.368. The van der Waals surface area contributed by atoms with Crippen molar-refractivity contribution < 1.29 is 13.2 Å². The SMILES string of the molecule is CCN(CC(F)(F)F)c1ncc(Br)cc1CNC. The van der Waals surface area contributed by atoms with Crippen LogP contribution < -0.4 is 10.2 Å². The lowest BCUT2D eigenvalue weighted by Crippen LogP contribution is -2.35. The highest BCUT2D eigenvalue weighted by Gasteiger charge is 2.31. The van der Waals surface area contributed by atoms with Crippen molar-refractivity contribution in [1.82, 2.24) is 10.3 Å². The molecular weight excluding hydrogens is 311 g/mol. The summed E-state index contributed by atoms with van der Waals surface area (Å²) in [4.78, 5) is 5.31. The number of alkyl halides is 3. The van der Waals surface area contributed by atoms with E-state index in [4.69, 9.17) is 0 Å². The Balaban J connectivity index is 3.04. The van der Waals surface area contributed by atoms with Gasteiger partial charge >= 0.3 is 6.18 Å². The van der Waals surface area contributed by atoms with Gasteiger partial charge in [0.1, 0.15) is 12.4 Å². The fourth-order valence-electron chi connectivity index (χ4n) is 1.63. The Morgan fingerprint density at radius 3 is 2.61 bits per heavy atom. The normalized spacial score (nSPS) is 11.7. The maximum atomic E-state index is 12.5. The Labute approximate surface area is 113 Å². The molecule has 0 aromatic carbocycles. The van der Waals surface area contributed by atoms with Crippen molar-refractivity contribution in [2.75, 3.05) is 25.0 Å². The molecule has 0 saturated carbocycles. The lowest BCUT2D eigenvalue weighted by molar-refractivity contribution is -0.119. The smallest absolute Gasteiger partial charge is 0.348 e. The number of aromatic nitrogens is 1. The quantitative estimate of drug-likeness (QED) is 0.902. The van der Waals surface area contributed by atoms with Gasteiger partial charge in [-0.15, -0.1) is 0 Å². The van der Waals surface area contributed by atoms with E-state index in [1.54, 1.807) is 20.0 Å². The maximum Gasteiger partial charge on any atom is 0.405 e. The third-order valence-electron chi connectivity index (χ3n) is 2.33. The van der Waals surface area contributed by atoms with Crippen LogP contribution in [-0.2, 0) is 6.54 Å². The van der Waals surface area contributed by atoms with Crippen molar-refractivity contribution in [3.63, 3.8) is 0 Å². The molecule has 0 aliphatic carbocycles. The Morgan fingerprint density at radius 1 is 1.44 bits per heavy atom. The van der Waals surface area contributed by atoms with Gasteiger partial charge in [-0.2, -0.15) is 13.2 Å². The van der Waals surface area contributed by atoms with Crippen LogP contribution in [0.5, 0.6) is 0 Å². The van der Waals surface area contributed by atoms with Crippen LogP contribution in [0.3, 0.4) is 0 Å². The van der Waals surface area contributed by atoms with Gasteiger partial charge in [-0.25, -0.2) is 4.98 Å². The van der Waals surface area contributed by atoms with Gasteiger partial charge in [-0.05, 0) is 36.0 Å². The van der Waals surface area contributed by atoms with Gasteiger partial charge < -0.3 is 10.2 Å². The number of halogens is 4. The molecule has 3 nitrogen and oxygen atoms in total. The minimum atomic E-state index is -4.23. The monoisotopic (exact) mass is 325 g/mol. The molecule has 0 bridgehead atoms. The topological polar surface area (TPSA) is 28.2 Å². The molecule has 1 rings (SSSR count). The van der Waals surface area contributed by atoms with E-state index in [1.165, 1.54) is 11.1 Å². The molecule has 1 heterocycles. The third kappa shape index (κ3) is 4.45. The van der Waals surface area contributed by atoms with Crippen molar-refractivity contribution in [1.29, 1.82) is 0 Å². The number of nitrogens with one attached hydrogen (secondary N) is 1. The van der Waals surface area contributed by atoms with E-state index in [1.807, 2.05) is 0 Å². The lowest BCUT2D eigenvalue weighted by atomic mass is 10.2. The molecule has 18 heavy (non-hydrogen) atoms. The summed E-state index contributed by atoms with van der Waals surface area (Å²) in [5, 5.41) is 2.92. The zero-order valence-electron chi connectivity index (χ0n) is 10.2. The first kappa shape index (κ1) is 15.2. The summed E-state index contributed by atoms with van der Waals surface area (Å²) >= 11 is 3.27. The molecule has 0 amide bonds. The Bertz CT molecular complexity index is 396. The van der Waals surface area contributed by atoms with Gasteiger partial charge in [-0.1, -0.05) is 0 Å². The summed E-state index contributed by atoms with van der Waals surface area (Å²) < 4.78 is 38.2. The van der Waals surface area contributed by atoms with E-state index in [0.717, 1.165) is 10.0 Å². The Hall–Kier alpha value is -0.820. The van der Waals surface area contributed by atoms with E-state index in [0.29, 0.717) is 12.4 Å². The zero-order valence-corrected chi connectivity index (χ0v) is 11.8. The highest BCUT2D eigenvalue weighted by atomic mass is 79.9. The molecule has 1 aromatic rings. The molecule has 0 aliphatic heterocycles.